The smallest absolute Gasteiger partial charge is 0.293 e. The number of carbonyl (C=O) groups is 2. The van der Waals surface area contributed by atoms with Crippen molar-refractivity contribution in [1.82, 2.24) is 4.90 Å². The molecule has 0 atom stereocenters. The minimum atomic E-state index is -0.310. The van der Waals surface area contributed by atoms with Crippen LogP contribution < -0.4 is 4.74 Å². The Kier molecular flexibility index (Phi) is 6.80. The van der Waals surface area contributed by atoms with Crippen molar-refractivity contribution in [2.75, 3.05) is 0 Å². The summed E-state index contributed by atoms with van der Waals surface area (Å²) in [4.78, 5) is 26.8. The summed E-state index contributed by atoms with van der Waals surface area (Å²) in [5.41, 5.74) is 2.68. The van der Waals surface area contributed by atoms with E-state index in [-0.39, 0.29) is 17.7 Å². The van der Waals surface area contributed by atoms with Gasteiger partial charge in [-0.2, -0.15) is 0 Å². The molecular formula is C24H17BrClNO3S. The molecule has 1 aliphatic rings. The molecular weight excluding hydrogens is 498 g/mol. The second-order valence-corrected chi connectivity index (χ2v) is 9.15. The number of carbonyl (C=O) groups excluding carboxylic acids is 2. The molecule has 4 nitrogen and oxygen atoms in total. The number of amides is 2. The summed E-state index contributed by atoms with van der Waals surface area (Å²) in [6.45, 7) is 0.652. The molecule has 2 amide bonds. The fraction of sp³-hybridized carbons (Fsp3) is 0.0833. The van der Waals surface area contributed by atoms with Crippen molar-refractivity contribution in [3.05, 3.63) is 104 Å². The van der Waals surface area contributed by atoms with Gasteiger partial charge >= 0.3 is 0 Å². The first-order valence-electron chi connectivity index (χ1n) is 9.46. The Morgan fingerprint density at radius 1 is 0.968 bits per heavy atom. The zero-order valence-electron chi connectivity index (χ0n) is 16.3. The number of hydrogen-bond donors (Lipinski definition) is 0. The molecule has 0 saturated carbocycles. The van der Waals surface area contributed by atoms with Gasteiger partial charge in [-0.3, -0.25) is 14.5 Å². The van der Waals surface area contributed by atoms with Gasteiger partial charge in [0.15, 0.2) is 0 Å². The first kappa shape index (κ1) is 21.7. The molecule has 0 unspecified atom stereocenters. The van der Waals surface area contributed by atoms with Crippen molar-refractivity contribution in [3.63, 3.8) is 0 Å². The van der Waals surface area contributed by atoms with Gasteiger partial charge in [0.1, 0.15) is 12.4 Å². The van der Waals surface area contributed by atoms with Gasteiger partial charge in [-0.15, -0.1) is 0 Å². The summed E-state index contributed by atoms with van der Waals surface area (Å²) >= 11 is 10.5. The lowest BCUT2D eigenvalue weighted by molar-refractivity contribution is -0.123. The Bertz CT molecular complexity index is 1170. The highest BCUT2D eigenvalue weighted by Crippen LogP contribution is 2.35. The van der Waals surface area contributed by atoms with E-state index in [1.807, 2.05) is 54.6 Å². The van der Waals surface area contributed by atoms with Gasteiger partial charge in [-0.25, -0.2) is 0 Å². The predicted molar refractivity (Wildman–Crippen MR) is 128 cm³/mol. The molecule has 0 aliphatic carbocycles. The average Bonchev–Trinajstić information content (AvgIpc) is 3.01. The Morgan fingerprint density at radius 2 is 1.74 bits per heavy atom. The van der Waals surface area contributed by atoms with E-state index in [0.717, 1.165) is 32.9 Å². The minimum absolute atomic E-state index is 0.193. The largest absolute Gasteiger partial charge is 0.488 e. The molecule has 4 rings (SSSR count). The van der Waals surface area contributed by atoms with E-state index in [0.29, 0.717) is 22.3 Å². The molecule has 3 aromatic carbocycles. The molecule has 156 valence electrons. The zero-order chi connectivity index (χ0) is 21.8. The first-order chi connectivity index (χ1) is 15.0. The van der Waals surface area contributed by atoms with Crippen LogP contribution in [0.1, 0.15) is 16.7 Å². The molecule has 1 saturated heterocycles. The van der Waals surface area contributed by atoms with Crippen molar-refractivity contribution in [3.8, 4) is 5.75 Å². The number of imide groups is 1. The van der Waals surface area contributed by atoms with Crippen molar-refractivity contribution in [2.45, 2.75) is 13.2 Å². The maximum atomic E-state index is 12.8. The van der Waals surface area contributed by atoms with Gasteiger partial charge in [-0.1, -0.05) is 60.1 Å². The Morgan fingerprint density at radius 3 is 2.48 bits per heavy atom. The summed E-state index contributed by atoms with van der Waals surface area (Å²) in [5, 5.41) is 0.276. The van der Waals surface area contributed by atoms with E-state index in [1.54, 1.807) is 24.3 Å². The number of benzene rings is 3. The van der Waals surface area contributed by atoms with Crippen LogP contribution in [-0.2, 0) is 17.9 Å². The molecule has 3 aromatic rings. The molecule has 0 N–H and O–H groups in total. The first-order valence-corrected chi connectivity index (χ1v) is 11.4. The van der Waals surface area contributed by atoms with Gasteiger partial charge < -0.3 is 4.74 Å². The van der Waals surface area contributed by atoms with Crippen LogP contribution in [0.5, 0.6) is 5.75 Å². The lowest BCUT2D eigenvalue weighted by atomic mass is 10.2. The standard InChI is InChI=1S/C24H17BrClNO3S/c25-20-12-17(9-10-21(20)30-15-16-5-2-1-3-6-16)13-22-23(28)27(24(29)31-22)14-18-7-4-8-19(26)11-18/h1-13H,14-15H2/b22-13-. The van der Waals surface area contributed by atoms with Crippen LogP contribution in [0.3, 0.4) is 0 Å². The predicted octanol–water partition coefficient (Wildman–Crippen LogP) is 6.92. The minimum Gasteiger partial charge on any atom is -0.488 e. The van der Waals surface area contributed by atoms with Gasteiger partial charge in [0.05, 0.1) is 15.9 Å². The van der Waals surface area contributed by atoms with Crippen LogP contribution in [0.4, 0.5) is 4.79 Å². The van der Waals surface area contributed by atoms with Gasteiger partial charge in [0.2, 0.25) is 0 Å². The molecule has 0 aromatic heterocycles. The van der Waals surface area contributed by atoms with E-state index in [2.05, 4.69) is 15.9 Å². The number of thioether (sulfide) groups is 1. The summed E-state index contributed by atoms with van der Waals surface area (Å²) in [6, 6.07) is 22.6. The molecule has 7 heteroatoms. The number of ether oxygens (including phenoxy) is 1. The Labute approximate surface area is 198 Å². The van der Waals surface area contributed by atoms with Crippen LogP contribution in [0.25, 0.3) is 6.08 Å². The molecule has 1 aliphatic heterocycles. The summed E-state index contributed by atoms with van der Waals surface area (Å²) < 4.78 is 6.64. The lowest BCUT2D eigenvalue weighted by Gasteiger charge is -2.12. The highest BCUT2D eigenvalue weighted by molar-refractivity contribution is 9.10. The van der Waals surface area contributed by atoms with Crippen LogP contribution in [0, 0.1) is 0 Å². The quantitative estimate of drug-likeness (QED) is 0.335. The molecule has 0 bridgehead atoms. The van der Waals surface area contributed by atoms with Gasteiger partial charge in [-0.05, 0) is 74.7 Å². The SMILES string of the molecule is O=C1S/C(=C\c2ccc(OCc3ccccc3)c(Br)c2)C(=O)N1Cc1cccc(Cl)c1. The monoisotopic (exact) mass is 513 g/mol. The highest BCUT2D eigenvalue weighted by atomic mass is 79.9. The second kappa shape index (κ2) is 9.73. The average molecular weight is 515 g/mol. The van der Waals surface area contributed by atoms with E-state index in [1.165, 1.54) is 4.90 Å². The summed E-state index contributed by atoms with van der Waals surface area (Å²) in [5.74, 6) is 0.394. The molecule has 1 heterocycles. The van der Waals surface area contributed by atoms with Crippen LogP contribution in [0.2, 0.25) is 5.02 Å². The third-order valence-corrected chi connectivity index (χ3v) is 6.36. The molecule has 1 fully saturated rings. The topological polar surface area (TPSA) is 46.6 Å². The number of hydrogen-bond acceptors (Lipinski definition) is 4. The number of halogens is 2. The summed E-state index contributed by atoms with van der Waals surface area (Å²) in [7, 11) is 0. The fourth-order valence-corrected chi connectivity index (χ4v) is 4.63. The van der Waals surface area contributed by atoms with Crippen LogP contribution in [-0.4, -0.2) is 16.0 Å². The van der Waals surface area contributed by atoms with Crippen molar-refractivity contribution in [1.29, 1.82) is 0 Å². The van der Waals surface area contributed by atoms with Crippen molar-refractivity contribution in [2.24, 2.45) is 0 Å². The number of nitrogens with zero attached hydrogens (tertiary/aromatic N) is 1. The molecule has 0 radical (unpaired) electrons. The van der Waals surface area contributed by atoms with E-state index in [4.69, 9.17) is 16.3 Å². The maximum absolute atomic E-state index is 12.8. The van der Waals surface area contributed by atoms with E-state index < -0.39 is 0 Å². The maximum Gasteiger partial charge on any atom is 0.293 e. The van der Waals surface area contributed by atoms with E-state index >= 15 is 0 Å². The third kappa shape index (κ3) is 5.39. The number of rotatable bonds is 6. The zero-order valence-corrected chi connectivity index (χ0v) is 19.4. The van der Waals surface area contributed by atoms with Crippen molar-refractivity contribution < 1.29 is 14.3 Å². The summed E-state index contributed by atoms with van der Waals surface area (Å²) in [6.07, 6.45) is 1.72. The van der Waals surface area contributed by atoms with Crippen molar-refractivity contribution >= 4 is 56.5 Å². The Hall–Kier alpha value is -2.54. The third-order valence-electron chi connectivity index (χ3n) is 4.59. The Balaban J connectivity index is 1.46. The van der Waals surface area contributed by atoms with E-state index in [9.17, 15) is 9.59 Å². The van der Waals surface area contributed by atoms with Crippen LogP contribution in [0.15, 0.2) is 82.2 Å². The normalized spacial score (nSPS) is 15.0. The highest BCUT2D eigenvalue weighted by Gasteiger charge is 2.35. The molecule has 0 spiro atoms. The van der Waals surface area contributed by atoms with Crippen LogP contribution >= 0.6 is 39.3 Å². The second-order valence-electron chi connectivity index (χ2n) is 6.86. The lowest BCUT2D eigenvalue weighted by Crippen LogP contribution is -2.27. The van der Waals surface area contributed by atoms with Gasteiger partial charge in [0.25, 0.3) is 11.1 Å². The molecule has 31 heavy (non-hydrogen) atoms. The fourth-order valence-electron chi connectivity index (χ4n) is 3.06. The van der Waals surface area contributed by atoms with Gasteiger partial charge in [0, 0.05) is 5.02 Å².